The first kappa shape index (κ1) is 21.2. The second-order valence-corrected chi connectivity index (χ2v) is 8.01. The number of nitriles is 2. The Bertz CT molecular complexity index is 978. The summed E-state index contributed by atoms with van der Waals surface area (Å²) in [5.74, 6) is 0.156. The molecule has 0 aliphatic rings. The van der Waals surface area contributed by atoms with Crippen molar-refractivity contribution in [3.8, 4) is 17.9 Å². The number of carbonyl (C=O) groups excluding carboxylic acids is 1. The van der Waals surface area contributed by atoms with Crippen LogP contribution < -0.4 is 10.1 Å². The largest absolute Gasteiger partial charge is 0.477 e. The van der Waals surface area contributed by atoms with Crippen molar-refractivity contribution >= 4 is 62.9 Å². The van der Waals surface area contributed by atoms with Crippen LogP contribution in [0.4, 0.5) is 5.69 Å². The highest BCUT2D eigenvalue weighted by atomic mass is 127. The molecule has 27 heavy (non-hydrogen) atoms. The summed E-state index contributed by atoms with van der Waals surface area (Å²) in [6.07, 6.45) is 1.54. The summed E-state index contributed by atoms with van der Waals surface area (Å²) in [5.41, 5.74) is 3.55. The van der Waals surface area contributed by atoms with E-state index in [1.165, 1.54) is 6.08 Å². The van der Waals surface area contributed by atoms with Crippen molar-refractivity contribution in [2.45, 2.75) is 13.8 Å². The molecule has 136 valence electrons. The van der Waals surface area contributed by atoms with Gasteiger partial charge in [0.25, 0.3) is 5.91 Å². The number of nitrogens with one attached hydrogen (secondary N) is 1. The van der Waals surface area contributed by atoms with Crippen LogP contribution in [0.2, 0.25) is 0 Å². The summed E-state index contributed by atoms with van der Waals surface area (Å²) in [4.78, 5) is 12.5. The van der Waals surface area contributed by atoms with Gasteiger partial charge in [-0.05, 0) is 106 Å². The van der Waals surface area contributed by atoms with E-state index in [-0.39, 0.29) is 12.2 Å². The van der Waals surface area contributed by atoms with Gasteiger partial charge in [0, 0.05) is 5.69 Å². The smallest absolute Gasteiger partial charge is 0.266 e. The predicted molar refractivity (Wildman–Crippen MR) is 121 cm³/mol. The van der Waals surface area contributed by atoms with Crippen LogP contribution in [-0.2, 0) is 4.79 Å². The lowest BCUT2D eigenvalue weighted by Gasteiger charge is -2.09. The van der Waals surface area contributed by atoms with Gasteiger partial charge in [-0.3, -0.25) is 4.79 Å². The number of carbonyl (C=O) groups is 1. The third-order valence-corrected chi connectivity index (χ3v) is 5.35. The first-order valence-corrected chi connectivity index (χ1v) is 10.0. The van der Waals surface area contributed by atoms with Crippen molar-refractivity contribution in [1.82, 2.24) is 0 Å². The predicted octanol–water partition coefficient (Wildman–Crippen LogP) is 4.96. The highest BCUT2D eigenvalue weighted by molar-refractivity contribution is 14.1. The third kappa shape index (κ3) is 5.68. The Hall–Kier alpha value is -2.11. The number of benzene rings is 2. The molecule has 1 N–H and O–H groups in total. The highest BCUT2D eigenvalue weighted by Gasteiger charge is 2.13. The minimum absolute atomic E-state index is 0.00511. The van der Waals surface area contributed by atoms with Crippen LogP contribution in [0.1, 0.15) is 16.7 Å². The van der Waals surface area contributed by atoms with E-state index in [0.717, 1.165) is 18.3 Å². The monoisotopic (exact) mass is 583 g/mol. The summed E-state index contributed by atoms with van der Waals surface area (Å²) in [6.45, 7) is 3.92. The zero-order valence-electron chi connectivity index (χ0n) is 14.6. The molecule has 5 nitrogen and oxygen atoms in total. The quantitative estimate of drug-likeness (QED) is 0.307. The standard InChI is InChI=1S/C20H15I2N3O2/c1-12-3-4-16(7-13(12)2)25-20(26)15(11-24)8-14-9-17(21)19(18(22)10-14)27-6-5-23/h3-4,7-10H,6H2,1-2H3,(H,25,26)/b15-8+. The molecule has 0 aliphatic heterocycles. The number of hydrogen-bond acceptors (Lipinski definition) is 4. The van der Waals surface area contributed by atoms with Crippen molar-refractivity contribution in [2.24, 2.45) is 0 Å². The zero-order chi connectivity index (χ0) is 20.0. The number of rotatable bonds is 5. The molecule has 0 radical (unpaired) electrons. The average Bonchev–Trinajstić information content (AvgIpc) is 2.62. The van der Waals surface area contributed by atoms with Gasteiger partial charge in [0.2, 0.25) is 0 Å². The highest BCUT2D eigenvalue weighted by Crippen LogP contribution is 2.30. The van der Waals surface area contributed by atoms with Crippen molar-refractivity contribution in [1.29, 1.82) is 10.5 Å². The third-order valence-electron chi connectivity index (χ3n) is 3.74. The Morgan fingerprint density at radius 2 is 1.81 bits per heavy atom. The molecule has 0 aromatic heterocycles. The lowest BCUT2D eigenvalue weighted by molar-refractivity contribution is -0.112. The second kappa shape index (κ2) is 9.72. The SMILES string of the molecule is Cc1ccc(NC(=O)/C(C#N)=C/c2cc(I)c(OCC#N)c(I)c2)cc1C. The molecule has 0 saturated carbocycles. The normalized spacial score (nSPS) is 10.7. The van der Waals surface area contributed by atoms with Crippen molar-refractivity contribution in [3.05, 3.63) is 59.7 Å². The average molecular weight is 583 g/mol. The number of aryl methyl sites for hydroxylation is 2. The number of ether oxygens (including phenoxy) is 1. The molecule has 0 unspecified atom stereocenters. The van der Waals surface area contributed by atoms with E-state index in [0.29, 0.717) is 17.0 Å². The maximum absolute atomic E-state index is 12.5. The molecule has 2 aromatic carbocycles. The molecular formula is C20H15I2N3O2. The molecule has 0 saturated heterocycles. The van der Waals surface area contributed by atoms with Gasteiger partial charge in [-0.2, -0.15) is 10.5 Å². The minimum Gasteiger partial charge on any atom is -0.477 e. The van der Waals surface area contributed by atoms with E-state index in [2.05, 4.69) is 50.5 Å². The zero-order valence-corrected chi connectivity index (χ0v) is 19.0. The van der Waals surface area contributed by atoms with Gasteiger partial charge < -0.3 is 10.1 Å². The lowest BCUT2D eigenvalue weighted by atomic mass is 10.1. The number of hydrogen-bond donors (Lipinski definition) is 1. The van der Waals surface area contributed by atoms with Gasteiger partial charge in [-0.1, -0.05) is 6.07 Å². The van der Waals surface area contributed by atoms with Crippen molar-refractivity contribution in [3.63, 3.8) is 0 Å². The Kier molecular flexibility index (Phi) is 7.63. The van der Waals surface area contributed by atoms with Gasteiger partial charge in [0.1, 0.15) is 23.5 Å². The Balaban J connectivity index is 2.27. The van der Waals surface area contributed by atoms with Gasteiger partial charge >= 0.3 is 0 Å². The first-order valence-electron chi connectivity index (χ1n) is 7.85. The number of amides is 1. The van der Waals surface area contributed by atoms with Crippen molar-refractivity contribution < 1.29 is 9.53 Å². The Morgan fingerprint density at radius 1 is 1.15 bits per heavy atom. The Labute approximate surface area is 185 Å². The maximum atomic E-state index is 12.5. The lowest BCUT2D eigenvalue weighted by Crippen LogP contribution is -2.13. The van der Waals surface area contributed by atoms with Crippen LogP contribution in [0.5, 0.6) is 5.75 Å². The van der Waals surface area contributed by atoms with E-state index in [9.17, 15) is 10.1 Å². The van der Waals surface area contributed by atoms with E-state index in [4.69, 9.17) is 10.00 Å². The summed E-state index contributed by atoms with van der Waals surface area (Å²) in [7, 11) is 0. The molecule has 0 spiro atoms. The second-order valence-electron chi connectivity index (χ2n) is 5.68. The molecule has 0 heterocycles. The fourth-order valence-corrected chi connectivity index (χ4v) is 4.37. The molecule has 2 aromatic rings. The molecule has 0 bridgehead atoms. The molecule has 0 atom stereocenters. The van der Waals surface area contributed by atoms with Crippen molar-refractivity contribution in [2.75, 3.05) is 11.9 Å². The molecular weight excluding hydrogens is 568 g/mol. The van der Waals surface area contributed by atoms with E-state index in [1.807, 2.05) is 44.2 Å². The van der Waals surface area contributed by atoms with Crippen LogP contribution in [0, 0.1) is 43.7 Å². The Morgan fingerprint density at radius 3 is 2.37 bits per heavy atom. The van der Waals surface area contributed by atoms with Gasteiger partial charge in [0.05, 0.1) is 7.14 Å². The van der Waals surface area contributed by atoms with Crippen LogP contribution in [-0.4, -0.2) is 12.5 Å². The molecule has 0 aliphatic carbocycles. The first-order chi connectivity index (χ1) is 12.8. The summed E-state index contributed by atoms with van der Waals surface area (Å²) in [6, 6.07) is 13.1. The minimum atomic E-state index is -0.462. The van der Waals surface area contributed by atoms with Crippen LogP contribution in [0.3, 0.4) is 0 Å². The van der Waals surface area contributed by atoms with Crippen LogP contribution >= 0.6 is 45.2 Å². The fraction of sp³-hybridized carbons (Fsp3) is 0.150. The molecule has 7 heteroatoms. The summed E-state index contributed by atoms with van der Waals surface area (Å²) >= 11 is 4.20. The van der Waals surface area contributed by atoms with Crippen LogP contribution in [0.15, 0.2) is 35.9 Å². The summed E-state index contributed by atoms with van der Waals surface area (Å²) < 4.78 is 7.01. The van der Waals surface area contributed by atoms with Gasteiger partial charge in [-0.15, -0.1) is 0 Å². The van der Waals surface area contributed by atoms with E-state index >= 15 is 0 Å². The van der Waals surface area contributed by atoms with E-state index in [1.54, 1.807) is 12.1 Å². The topological polar surface area (TPSA) is 85.9 Å². The molecule has 2 rings (SSSR count). The maximum Gasteiger partial charge on any atom is 0.266 e. The van der Waals surface area contributed by atoms with Gasteiger partial charge in [0.15, 0.2) is 6.61 Å². The number of anilines is 1. The number of nitrogens with zero attached hydrogens (tertiary/aromatic N) is 2. The molecule has 1 amide bonds. The van der Waals surface area contributed by atoms with Crippen LogP contribution in [0.25, 0.3) is 6.08 Å². The molecule has 0 fully saturated rings. The van der Waals surface area contributed by atoms with Gasteiger partial charge in [-0.25, -0.2) is 0 Å². The summed E-state index contributed by atoms with van der Waals surface area (Å²) in [5, 5.41) is 20.8. The number of halogens is 2. The van der Waals surface area contributed by atoms with E-state index < -0.39 is 5.91 Å². The fourth-order valence-electron chi connectivity index (χ4n) is 2.24.